The summed E-state index contributed by atoms with van der Waals surface area (Å²) in [6.07, 6.45) is 1.22. The van der Waals surface area contributed by atoms with E-state index in [0.717, 1.165) is 31.7 Å². The molecule has 0 radical (unpaired) electrons. The van der Waals surface area contributed by atoms with Gasteiger partial charge in [-0.25, -0.2) is 0 Å². The first-order valence-electron chi connectivity index (χ1n) is 6.21. The third-order valence-corrected chi connectivity index (χ3v) is 3.63. The minimum absolute atomic E-state index is 0.671. The van der Waals surface area contributed by atoms with Crippen LogP contribution in [-0.2, 0) is 6.54 Å². The maximum Gasteiger partial charge on any atom is 0.0924 e. The summed E-state index contributed by atoms with van der Waals surface area (Å²) >= 11 is 0. The normalized spacial score (nSPS) is 21.4. The van der Waals surface area contributed by atoms with Crippen LogP contribution in [0.2, 0.25) is 0 Å². The molecule has 1 aliphatic rings. The number of fused-ring (bicyclic) bond motifs is 1. The molecule has 1 unspecified atom stereocenters. The van der Waals surface area contributed by atoms with Crippen molar-refractivity contribution in [3.8, 4) is 0 Å². The average Bonchev–Trinajstić information content (AvgIpc) is 2.97. The molecule has 1 aliphatic heterocycles. The summed E-state index contributed by atoms with van der Waals surface area (Å²) in [7, 11) is 0. The molecule has 1 fully saturated rings. The van der Waals surface area contributed by atoms with Gasteiger partial charge in [-0.2, -0.15) is 5.10 Å². The Kier molecular flexibility index (Phi) is 2.82. The van der Waals surface area contributed by atoms with Gasteiger partial charge in [0, 0.05) is 18.5 Å². The van der Waals surface area contributed by atoms with Crippen LogP contribution in [0.5, 0.6) is 0 Å². The molecular formula is C13H18N4. The molecule has 0 spiro atoms. The second-order valence-electron chi connectivity index (χ2n) is 4.84. The van der Waals surface area contributed by atoms with Crippen LogP contribution in [0.1, 0.15) is 12.1 Å². The monoisotopic (exact) mass is 230 g/mol. The van der Waals surface area contributed by atoms with E-state index < -0.39 is 0 Å². The van der Waals surface area contributed by atoms with Crippen molar-refractivity contribution >= 4 is 10.9 Å². The molecule has 0 aliphatic carbocycles. The number of H-pyrrole nitrogens is 1. The van der Waals surface area contributed by atoms with E-state index in [1.165, 1.54) is 17.5 Å². The fourth-order valence-electron chi connectivity index (χ4n) is 2.61. The van der Waals surface area contributed by atoms with E-state index in [9.17, 15) is 0 Å². The maximum absolute atomic E-state index is 5.71. The number of hydrogen-bond donors (Lipinski definition) is 2. The molecule has 1 atom stereocenters. The first kappa shape index (κ1) is 10.7. The van der Waals surface area contributed by atoms with Gasteiger partial charge < -0.3 is 5.73 Å². The Morgan fingerprint density at radius 1 is 1.41 bits per heavy atom. The molecule has 2 heterocycles. The highest BCUT2D eigenvalue weighted by Gasteiger charge is 2.22. The minimum Gasteiger partial charge on any atom is -0.330 e. The van der Waals surface area contributed by atoms with Gasteiger partial charge in [0.05, 0.1) is 11.2 Å². The number of nitrogens with zero attached hydrogens (tertiary/aromatic N) is 2. The third kappa shape index (κ3) is 2.06. The highest BCUT2D eigenvalue weighted by Crippen LogP contribution is 2.21. The molecule has 0 amide bonds. The van der Waals surface area contributed by atoms with Crippen molar-refractivity contribution in [1.82, 2.24) is 15.1 Å². The van der Waals surface area contributed by atoms with E-state index in [1.807, 2.05) is 12.1 Å². The van der Waals surface area contributed by atoms with Gasteiger partial charge in [0.15, 0.2) is 0 Å². The van der Waals surface area contributed by atoms with Crippen LogP contribution < -0.4 is 5.73 Å². The highest BCUT2D eigenvalue weighted by molar-refractivity contribution is 5.81. The number of hydrogen-bond acceptors (Lipinski definition) is 3. The number of para-hydroxylation sites is 1. The van der Waals surface area contributed by atoms with Crippen LogP contribution in [0.15, 0.2) is 24.3 Å². The summed E-state index contributed by atoms with van der Waals surface area (Å²) in [4.78, 5) is 2.46. The van der Waals surface area contributed by atoms with Crippen LogP contribution in [0.3, 0.4) is 0 Å². The van der Waals surface area contributed by atoms with Crippen molar-refractivity contribution in [3.63, 3.8) is 0 Å². The fourth-order valence-corrected chi connectivity index (χ4v) is 2.61. The van der Waals surface area contributed by atoms with E-state index in [0.29, 0.717) is 5.92 Å². The quantitative estimate of drug-likeness (QED) is 0.836. The molecule has 4 heteroatoms. The van der Waals surface area contributed by atoms with Gasteiger partial charge in [-0.05, 0) is 31.5 Å². The van der Waals surface area contributed by atoms with E-state index in [1.54, 1.807) is 0 Å². The Balaban J connectivity index is 1.77. The third-order valence-electron chi connectivity index (χ3n) is 3.63. The summed E-state index contributed by atoms with van der Waals surface area (Å²) in [5.74, 6) is 0.671. The molecule has 1 aromatic heterocycles. The first-order valence-corrected chi connectivity index (χ1v) is 6.21. The van der Waals surface area contributed by atoms with Gasteiger partial charge in [0.1, 0.15) is 0 Å². The molecule has 0 saturated carbocycles. The molecule has 0 bridgehead atoms. The Hall–Kier alpha value is -1.39. The van der Waals surface area contributed by atoms with Gasteiger partial charge in [0.25, 0.3) is 0 Å². The molecule has 2 aromatic rings. The lowest BCUT2D eigenvalue weighted by molar-refractivity contribution is 0.315. The van der Waals surface area contributed by atoms with Gasteiger partial charge >= 0.3 is 0 Å². The summed E-state index contributed by atoms with van der Waals surface area (Å²) < 4.78 is 0. The number of benzene rings is 1. The second kappa shape index (κ2) is 4.47. The lowest BCUT2D eigenvalue weighted by atomic mass is 10.1. The van der Waals surface area contributed by atoms with Crippen molar-refractivity contribution in [3.05, 3.63) is 30.0 Å². The van der Waals surface area contributed by atoms with E-state index in [4.69, 9.17) is 5.73 Å². The average molecular weight is 230 g/mol. The Labute approximate surface area is 101 Å². The van der Waals surface area contributed by atoms with Gasteiger partial charge in [-0.3, -0.25) is 10.00 Å². The topological polar surface area (TPSA) is 57.9 Å². The molecule has 3 N–H and O–H groups in total. The fraction of sp³-hybridized carbons (Fsp3) is 0.462. The smallest absolute Gasteiger partial charge is 0.0924 e. The number of aromatic nitrogens is 2. The van der Waals surface area contributed by atoms with Gasteiger partial charge in [0.2, 0.25) is 0 Å². The minimum atomic E-state index is 0.671. The van der Waals surface area contributed by atoms with Crippen molar-refractivity contribution < 1.29 is 0 Å². The van der Waals surface area contributed by atoms with E-state index in [2.05, 4.69) is 27.2 Å². The standard InChI is InChI=1S/C13H18N4/c14-7-10-5-6-17(8-10)9-13-11-3-1-2-4-12(11)15-16-13/h1-4,10H,5-9,14H2,(H,15,16). The molecular weight excluding hydrogens is 212 g/mol. The van der Waals surface area contributed by atoms with Crippen LogP contribution >= 0.6 is 0 Å². The summed E-state index contributed by atoms with van der Waals surface area (Å²) in [5.41, 5.74) is 7.99. The molecule has 3 rings (SSSR count). The zero-order valence-corrected chi connectivity index (χ0v) is 9.89. The van der Waals surface area contributed by atoms with Crippen molar-refractivity contribution in [2.24, 2.45) is 11.7 Å². The zero-order chi connectivity index (χ0) is 11.7. The SMILES string of the molecule is NCC1CCN(Cc2[nH]nc3ccccc23)C1. The lowest BCUT2D eigenvalue weighted by Gasteiger charge is -2.14. The summed E-state index contributed by atoms with van der Waals surface area (Å²) in [6.45, 7) is 4.02. The summed E-state index contributed by atoms with van der Waals surface area (Å²) in [5, 5.41) is 8.71. The molecule has 4 nitrogen and oxygen atoms in total. The maximum atomic E-state index is 5.71. The van der Waals surface area contributed by atoms with Crippen LogP contribution in [0.4, 0.5) is 0 Å². The predicted molar refractivity (Wildman–Crippen MR) is 68.5 cm³/mol. The van der Waals surface area contributed by atoms with Crippen LogP contribution in [0, 0.1) is 5.92 Å². The Bertz CT molecular complexity index is 505. The largest absolute Gasteiger partial charge is 0.330 e. The van der Waals surface area contributed by atoms with Crippen molar-refractivity contribution in [2.45, 2.75) is 13.0 Å². The molecule has 90 valence electrons. The Morgan fingerprint density at radius 2 is 2.29 bits per heavy atom. The predicted octanol–water partition coefficient (Wildman–Crippen LogP) is 1.34. The van der Waals surface area contributed by atoms with Crippen LogP contribution in [0.25, 0.3) is 10.9 Å². The number of likely N-dealkylation sites (tertiary alicyclic amines) is 1. The van der Waals surface area contributed by atoms with Crippen molar-refractivity contribution in [1.29, 1.82) is 0 Å². The first-order chi connectivity index (χ1) is 8.36. The number of nitrogens with two attached hydrogens (primary N) is 1. The van der Waals surface area contributed by atoms with E-state index >= 15 is 0 Å². The summed E-state index contributed by atoms with van der Waals surface area (Å²) in [6, 6.07) is 8.26. The van der Waals surface area contributed by atoms with E-state index in [-0.39, 0.29) is 0 Å². The number of aromatic amines is 1. The zero-order valence-electron chi connectivity index (χ0n) is 9.89. The highest BCUT2D eigenvalue weighted by atomic mass is 15.2. The lowest BCUT2D eigenvalue weighted by Crippen LogP contribution is -2.23. The molecule has 1 saturated heterocycles. The number of rotatable bonds is 3. The van der Waals surface area contributed by atoms with Gasteiger partial charge in [-0.1, -0.05) is 18.2 Å². The number of nitrogens with one attached hydrogen (secondary N) is 1. The Morgan fingerprint density at radius 3 is 3.12 bits per heavy atom. The molecule has 1 aromatic carbocycles. The second-order valence-corrected chi connectivity index (χ2v) is 4.84. The van der Waals surface area contributed by atoms with Crippen molar-refractivity contribution in [2.75, 3.05) is 19.6 Å². The van der Waals surface area contributed by atoms with Crippen LogP contribution in [-0.4, -0.2) is 34.7 Å². The van der Waals surface area contributed by atoms with Gasteiger partial charge in [-0.15, -0.1) is 0 Å². The molecule has 17 heavy (non-hydrogen) atoms.